The van der Waals surface area contributed by atoms with Gasteiger partial charge in [-0.2, -0.15) is 0 Å². The number of rotatable bonds is 6. The highest BCUT2D eigenvalue weighted by Crippen LogP contribution is 2.27. The molecule has 1 amide bonds. The molecule has 29 heavy (non-hydrogen) atoms. The van der Waals surface area contributed by atoms with Crippen LogP contribution in [-0.4, -0.2) is 37.7 Å². The predicted molar refractivity (Wildman–Crippen MR) is 115 cm³/mol. The number of thiazole rings is 1. The summed E-state index contributed by atoms with van der Waals surface area (Å²) in [7, 11) is -0.541. The first kappa shape index (κ1) is 21.6. The minimum Gasteiger partial charge on any atom is -0.302 e. The highest BCUT2D eigenvalue weighted by Gasteiger charge is 2.17. The van der Waals surface area contributed by atoms with Gasteiger partial charge in [-0.05, 0) is 29.8 Å². The van der Waals surface area contributed by atoms with E-state index in [0.717, 1.165) is 9.87 Å². The Balaban J connectivity index is 1.70. The van der Waals surface area contributed by atoms with Gasteiger partial charge in [0, 0.05) is 29.5 Å². The number of anilines is 1. The predicted octanol–water partition coefficient (Wildman–Crippen LogP) is 4.14. The van der Waals surface area contributed by atoms with Crippen molar-refractivity contribution >= 4 is 48.3 Å². The first-order valence-electron chi connectivity index (χ1n) is 8.39. The van der Waals surface area contributed by atoms with Crippen molar-refractivity contribution in [1.29, 1.82) is 0 Å². The van der Waals surface area contributed by atoms with E-state index in [0.29, 0.717) is 20.9 Å². The summed E-state index contributed by atoms with van der Waals surface area (Å²) in [6, 6.07) is 10.6. The normalized spacial score (nSPS) is 11.6. The van der Waals surface area contributed by atoms with E-state index in [-0.39, 0.29) is 23.0 Å². The molecule has 6 nitrogen and oxygen atoms in total. The molecule has 1 aromatic heterocycles. The third kappa shape index (κ3) is 5.08. The van der Waals surface area contributed by atoms with Crippen LogP contribution in [0.3, 0.4) is 0 Å². The second-order valence-electron chi connectivity index (χ2n) is 6.31. The molecule has 0 fully saturated rings. The van der Waals surface area contributed by atoms with Crippen LogP contribution in [0.5, 0.6) is 0 Å². The minimum atomic E-state index is -3.49. The molecule has 10 heteroatoms. The molecule has 2 aromatic carbocycles. The topological polar surface area (TPSA) is 79.4 Å². The SMILES string of the molecule is CN(C)S(=O)(=O)c1ccc(-c2csc(NC(=O)Cc3ccc(F)cc3Br)n2)cc1. The van der Waals surface area contributed by atoms with E-state index in [9.17, 15) is 17.6 Å². The fraction of sp³-hybridized carbons (Fsp3) is 0.158. The van der Waals surface area contributed by atoms with Crippen LogP contribution < -0.4 is 5.32 Å². The maximum absolute atomic E-state index is 13.2. The van der Waals surface area contributed by atoms with Crippen LogP contribution in [-0.2, 0) is 21.2 Å². The smallest absolute Gasteiger partial charge is 0.242 e. The van der Waals surface area contributed by atoms with Crippen molar-refractivity contribution in [3.63, 3.8) is 0 Å². The zero-order valence-corrected chi connectivity index (χ0v) is 18.7. The summed E-state index contributed by atoms with van der Waals surface area (Å²) in [6.45, 7) is 0. The molecule has 152 valence electrons. The van der Waals surface area contributed by atoms with Gasteiger partial charge in [0.05, 0.1) is 17.0 Å². The molecule has 0 saturated heterocycles. The number of carbonyl (C=O) groups is 1. The van der Waals surface area contributed by atoms with Crippen LogP contribution in [0, 0.1) is 5.82 Å². The van der Waals surface area contributed by atoms with E-state index < -0.39 is 10.0 Å². The first-order chi connectivity index (χ1) is 13.7. The zero-order chi connectivity index (χ0) is 21.2. The van der Waals surface area contributed by atoms with E-state index in [1.54, 1.807) is 23.6 Å². The molecule has 0 bridgehead atoms. The van der Waals surface area contributed by atoms with Gasteiger partial charge in [0.15, 0.2) is 5.13 Å². The summed E-state index contributed by atoms with van der Waals surface area (Å²) in [6.07, 6.45) is 0.0763. The van der Waals surface area contributed by atoms with Crippen molar-refractivity contribution in [1.82, 2.24) is 9.29 Å². The van der Waals surface area contributed by atoms with Gasteiger partial charge in [-0.15, -0.1) is 11.3 Å². The summed E-state index contributed by atoms with van der Waals surface area (Å²) >= 11 is 4.51. The van der Waals surface area contributed by atoms with Crippen molar-refractivity contribution in [2.45, 2.75) is 11.3 Å². The second kappa shape index (κ2) is 8.70. The molecule has 0 aliphatic rings. The molecular formula is C19H17BrFN3O3S2. The van der Waals surface area contributed by atoms with Gasteiger partial charge in [-0.3, -0.25) is 4.79 Å². The molecule has 0 spiro atoms. The Morgan fingerprint density at radius 2 is 1.90 bits per heavy atom. The van der Waals surface area contributed by atoms with E-state index in [2.05, 4.69) is 26.2 Å². The molecule has 0 unspecified atom stereocenters. The van der Waals surface area contributed by atoms with Gasteiger partial charge < -0.3 is 5.32 Å². The molecule has 0 aliphatic carbocycles. The Morgan fingerprint density at radius 1 is 1.21 bits per heavy atom. The molecule has 0 saturated carbocycles. The summed E-state index contributed by atoms with van der Waals surface area (Å²) < 4.78 is 39.1. The number of amides is 1. The van der Waals surface area contributed by atoms with Gasteiger partial charge in [0.25, 0.3) is 0 Å². The summed E-state index contributed by atoms with van der Waals surface area (Å²) in [5.41, 5.74) is 2.03. The van der Waals surface area contributed by atoms with Crippen LogP contribution in [0.2, 0.25) is 0 Å². The van der Waals surface area contributed by atoms with Crippen molar-refractivity contribution in [2.75, 3.05) is 19.4 Å². The van der Waals surface area contributed by atoms with Crippen LogP contribution in [0.15, 0.2) is 57.2 Å². The standard InChI is InChI=1S/C19H17BrFN3O3S2/c1-24(2)29(26,27)15-7-4-12(5-8-15)17-11-28-19(22-17)23-18(25)9-13-3-6-14(21)10-16(13)20/h3-8,10-11H,9H2,1-2H3,(H,22,23,25). The number of hydrogen-bond acceptors (Lipinski definition) is 5. The van der Waals surface area contributed by atoms with Gasteiger partial charge in [0.2, 0.25) is 15.9 Å². The Kier molecular flexibility index (Phi) is 6.47. The lowest BCUT2D eigenvalue weighted by molar-refractivity contribution is -0.115. The average Bonchev–Trinajstić information content (AvgIpc) is 3.12. The number of nitrogens with zero attached hydrogens (tertiary/aromatic N) is 2. The van der Waals surface area contributed by atoms with Crippen LogP contribution >= 0.6 is 27.3 Å². The zero-order valence-electron chi connectivity index (χ0n) is 15.5. The van der Waals surface area contributed by atoms with Crippen molar-refractivity contribution in [2.24, 2.45) is 0 Å². The fourth-order valence-corrected chi connectivity index (χ4v) is 4.60. The lowest BCUT2D eigenvalue weighted by Gasteiger charge is -2.11. The number of nitrogens with one attached hydrogen (secondary N) is 1. The fourth-order valence-electron chi connectivity index (χ4n) is 2.47. The molecule has 0 radical (unpaired) electrons. The summed E-state index contributed by atoms with van der Waals surface area (Å²) in [5, 5.41) is 4.93. The van der Waals surface area contributed by atoms with Gasteiger partial charge in [-0.25, -0.2) is 22.1 Å². The largest absolute Gasteiger partial charge is 0.302 e. The summed E-state index contributed by atoms with van der Waals surface area (Å²) in [4.78, 5) is 16.8. The van der Waals surface area contributed by atoms with Gasteiger partial charge in [0.1, 0.15) is 5.82 Å². The summed E-state index contributed by atoms with van der Waals surface area (Å²) in [5.74, 6) is -0.652. The van der Waals surface area contributed by atoms with E-state index in [1.807, 2.05) is 0 Å². The highest BCUT2D eigenvalue weighted by atomic mass is 79.9. The van der Waals surface area contributed by atoms with Crippen LogP contribution in [0.25, 0.3) is 11.3 Å². The van der Waals surface area contributed by atoms with Crippen molar-refractivity contribution in [3.05, 3.63) is 63.7 Å². The van der Waals surface area contributed by atoms with E-state index >= 15 is 0 Å². The number of benzene rings is 2. The number of hydrogen-bond donors (Lipinski definition) is 1. The average molecular weight is 498 g/mol. The Bertz CT molecular complexity index is 1150. The molecule has 0 atom stereocenters. The molecule has 3 rings (SSSR count). The quantitative estimate of drug-likeness (QED) is 0.554. The number of halogens is 2. The molecule has 1 N–H and O–H groups in total. The highest BCUT2D eigenvalue weighted by molar-refractivity contribution is 9.10. The number of sulfonamides is 1. The first-order valence-corrected chi connectivity index (χ1v) is 11.5. The van der Waals surface area contributed by atoms with Crippen LogP contribution in [0.1, 0.15) is 5.56 Å². The Hall–Kier alpha value is -2.14. The van der Waals surface area contributed by atoms with Gasteiger partial charge in [-0.1, -0.05) is 34.1 Å². The molecule has 3 aromatic rings. The van der Waals surface area contributed by atoms with Crippen molar-refractivity contribution < 1.29 is 17.6 Å². The molecule has 1 heterocycles. The minimum absolute atomic E-state index is 0.0763. The van der Waals surface area contributed by atoms with Crippen molar-refractivity contribution in [3.8, 4) is 11.3 Å². The van der Waals surface area contributed by atoms with E-state index in [1.165, 1.54) is 49.7 Å². The Morgan fingerprint density at radius 3 is 2.52 bits per heavy atom. The van der Waals surface area contributed by atoms with Crippen LogP contribution in [0.4, 0.5) is 9.52 Å². The lowest BCUT2D eigenvalue weighted by atomic mass is 10.1. The number of aromatic nitrogens is 1. The van der Waals surface area contributed by atoms with Gasteiger partial charge >= 0.3 is 0 Å². The maximum atomic E-state index is 13.2. The van der Waals surface area contributed by atoms with E-state index in [4.69, 9.17) is 0 Å². The maximum Gasteiger partial charge on any atom is 0.242 e. The number of carbonyl (C=O) groups excluding carboxylic acids is 1. The Labute approximate surface area is 180 Å². The lowest BCUT2D eigenvalue weighted by Crippen LogP contribution is -2.22. The molecule has 0 aliphatic heterocycles. The molecular weight excluding hydrogens is 481 g/mol. The third-order valence-electron chi connectivity index (χ3n) is 4.05. The second-order valence-corrected chi connectivity index (χ2v) is 10.2. The monoisotopic (exact) mass is 497 g/mol. The third-order valence-corrected chi connectivity index (χ3v) is 7.37.